The number of ether oxygens (including phenoxy) is 1. The molecule has 0 aliphatic rings. The van der Waals surface area contributed by atoms with Gasteiger partial charge in [-0.3, -0.25) is 5.43 Å². The van der Waals surface area contributed by atoms with Gasteiger partial charge in [0.15, 0.2) is 0 Å². The number of aryl methyl sites for hydroxylation is 1. The molecule has 94 valence electrons. The molecule has 0 aromatic heterocycles. The predicted octanol–water partition coefficient (Wildman–Crippen LogP) is 1.37. The molecule has 1 aromatic carbocycles. The van der Waals surface area contributed by atoms with E-state index in [-0.39, 0.29) is 0 Å². The molecule has 0 fully saturated rings. The maximum atomic E-state index is 10.9. The zero-order chi connectivity index (χ0) is 12.8. The number of hydrazine groups is 1. The Morgan fingerprint density at radius 3 is 2.82 bits per heavy atom. The van der Waals surface area contributed by atoms with Crippen LogP contribution in [0.4, 0.5) is 4.79 Å². The molecule has 0 heterocycles. The topological polar surface area (TPSA) is 76.4 Å². The van der Waals surface area contributed by atoms with E-state index in [2.05, 4.69) is 5.32 Å². The van der Waals surface area contributed by atoms with E-state index in [1.54, 1.807) is 7.11 Å². The third kappa shape index (κ3) is 3.80. The van der Waals surface area contributed by atoms with Crippen LogP contribution in [0.2, 0.25) is 5.02 Å². The third-order valence-electron chi connectivity index (χ3n) is 2.42. The van der Waals surface area contributed by atoms with Crippen molar-refractivity contribution in [2.45, 2.75) is 13.3 Å². The van der Waals surface area contributed by atoms with Crippen molar-refractivity contribution in [3.63, 3.8) is 0 Å². The van der Waals surface area contributed by atoms with Gasteiger partial charge >= 0.3 is 6.03 Å². The molecule has 2 amide bonds. The van der Waals surface area contributed by atoms with Crippen molar-refractivity contribution in [2.75, 3.05) is 13.7 Å². The van der Waals surface area contributed by atoms with Gasteiger partial charge in [-0.05, 0) is 36.6 Å². The highest BCUT2D eigenvalue weighted by molar-refractivity contribution is 6.32. The number of methoxy groups -OCH3 is 1. The van der Waals surface area contributed by atoms with Gasteiger partial charge in [0.25, 0.3) is 0 Å². The lowest BCUT2D eigenvalue weighted by Crippen LogP contribution is -2.40. The molecule has 5 nitrogen and oxygen atoms in total. The summed E-state index contributed by atoms with van der Waals surface area (Å²) in [6.07, 6.45) is 0.683. The molecule has 1 rings (SSSR count). The smallest absolute Gasteiger partial charge is 0.328 e. The molecule has 0 saturated carbocycles. The molecule has 0 saturated heterocycles. The number of hydrogen-bond acceptors (Lipinski definition) is 3. The monoisotopic (exact) mass is 257 g/mol. The lowest BCUT2D eigenvalue weighted by molar-refractivity contribution is 0.241. The summed E-state index contributed by atoms with van der Waals surface area (Å²) >= 11 is 6.03. The van der Waals surface area contributed by atoms with Gasteiger partial charge in [0.05, 0.1) is 12.1 Å². The van der Waals surface area contributed by atoms with E-state index in [9.17, 15) is 4.79 Å². The summed E-state index contributed by atoms with van der Waals surface area (Å²) < 4.78 is 5.11. The molecule has 0 unspecified atom stereocenters. The summed E-state index contributed by atoms with van der Waals surface area (Å²) in [6.45, 7) is 2.46. The number of nitrogens with one attached hydrogen (secondary N) is 2. The fourth-order valence-corrected chi connectivity index (χ4v) is 1.75. The van der Waals surface area contributed by atoms with Crippen LogP contribution in [0.3, 0.4) is 0 Å². The Morgan fingerprint density at radius 1 is 1.53 bits per heavy atom. The van der Waals surface area contributed by atoms with Gasteiger partial charge in [-0.1, -0.05) is 11.6 Å². The van der Waals surface area contributed by atoms with Crippen LogP contribution in [0, 0.1) is 6.92 Å². The summed E-state index contributed by atoms with van der Waals surface area (Å²) in [4.78, 5) is 10.9. The summed E-state index contributed by atoms with van der Waals surface area (Å²) in [7, 11) is 1.58. The summed E-state index contributed by atoms with van der Waals surface area (Å²) in [5.74, 6) is 5.60. The minimum atomic E-state index is -0.401. The molecule has 0 spiro atoms. The highest BCUT2D eigenvalue weighted by Gasteiger charge is 2.06. The van der Waals surface area contributed by atoms with Crippen LogP contribution >= 0.6 is 11.6 Å². The first-order valence-corrected chi connectivity index (χ1v) is 5.53. The molecule has 0 bridgehead atoms. The van der Waals surface area contributed by atoms with Gasteiger partial charge in [0, 0.05) is 6.54 Å². The maximum Gasteiger partial charge on any atom is 0.328 e. The quantitative estimate of drug-likeness (QED) is 0.433. The predicted molar refractivity (Wildman–Crippen MR) is 67.2 cm³/mol. The van der Waals surface area contributed by atoms with Crippen LogP contribution in [-0.4, -0.2) is 19.7 Å². The van der Waals surface area contributed by atoms with Gasteiger partial charge in [-0.2, -0.15) is 0 Å². The SMILES string of the molecule is COc1cc(C)c(CCNC(=O)NN)cc1Cl. The third-order valence-corrected chi connectivity index (χ3v) is 2.72. The normalized spacial score (nSPS) is 9.88. The molecule has 17 heavy (non-hydrogen) atoms. The number of hydrogen-bond donors (Lipinski definition) is 3. The Kier molecular flexibility index (Phi) is 5.06. The maximum absolute atomic E-state index is 10.9. The van der Waals surface area contributed by atoms with Gasteiger partial charge in [-0.25, -0.2) is 10.6 Å². The van der Waals surface area contributed by atoms with Crippen molar-refractivity contribution in [1.29, 1.82) is 0 Å². The Balaban J connectivity index is 2.65. The number of carbonyl (C=O) groups excluding carboxylic acids is 1. The lowest BCUT2D eigenvalue weighted by Gasteiger charge is -2.10. The van der Waals surface area contributed by atoms with Crippen molar-refractivity contribution >= 4 is 17.6 Å². The van der Waals surface area contributed by atoms with E-state index < -0.39 is 6.03 Å². The summed E-state index contributed by atoms with van der Waals surface area (Å²) in [5.41, 5.74) is 4.13. The summed E-state index contributed by atoms with van der Waals surface area (Å²) in [6, 6.07) is 3.32. The van der Waals surface area contributed by atoms with Crippen molar-refractivity contribution in [3.8, 4) is 5.75 Å². The number of nitrogens with two attached hydrogens (primary N) is 1. The molecule has 1 aromatic rings. The van der Waals surface area contributed by atoms with Gasteiger partial charge in [-0.15, -0.1) is 0 Å². The second kappa shape index (κ2) is 6.32. The Labute approximate surface area is 105 Å². The van der Waals surface area contributed by atoms with E-state index in [1.165, 1.54) is 0 Å². The van der Waals surface area contributed by atoms with Crippen molar-refractivity contribution in [3.05, 3.63) is 28.3 Å². The number of urea groups is 1. The zero-order valence-electron chi connectivity index (χ0n) is 9.84. The zero-order valence-corrected chi connectivity index (χ0v) is 10.6. The second-order valence-electron chi connectivity index (χ2n) is 3.56. The van der Waals surface area contributed by atoms with Crippen molar-refractivity contribution in [2.24, 2.45) is 5.84 Å². The minimum Gasteiger partial charge on any atom is -0.495 e. The second-order valence-corrected chi connectivity index (χ2v) is 3.97. The van der Waals surface area contributed by atoms with Crippen LogP contribution < -0.4 is 21.3 Å². The summed E-state index contributed by atoms with van der Waals surface area (Å²) in [5, 5.41) is 3.17. The number of benzene rings is 1. The van der Waals surface area contributed by atoms with Crippen LogP contribution in [0.1, 0.15) is 11.1 Å². The Morgan fingerprint density at radius 2 is 2.24 bits per heavy atom. The molecular formula is C11H16ClN3O2. The highest BCUT2D eigenvalue weighted by atomic mass is 35.5. The van der Waals surface area contributed by atoms with Crippen molar-refractivity contribution in [1.82, 2.24) is 10.7 Å². The molecule has 4 N–H and O–H groups in total. The van der Waals surface area contributed by atoms with E-state index in [1.807, 2.05) is 24.5 Å². The highest BCUT2D eigenvalue weighted by Crippen LogP contribution is 2.27. The van der Waals surface area contributed by atoms with Gasteiger partial charge < -0.3 is 10.1 Å². The average Bonchev–Trinajstić information content (AvgIpc) is 2.32. The average molecular weight is 258 g/mol. The number of rotatable bonds is 4. The lowest BCUT2D eigenvalue weighted by atomic mass is 10.1. The minimum absolute atomic E-state index is 0.401. The van der Waals surface area contributed by atoms with Crippen molar-refractivity contribution < 1.29 is 9.53 Å². The molecule has 0 aliphatic heterocycles. The molecule has 0 radical (unpaired) electrons. The van der Waals surface area contributed by atoms with E-state index in [0.29, 0.717) is 23.7 Å². The largest absolute Gasteiger partial charge is 0.495 e. The molecule has 0 aliphatic carbocycles. The first-order valence-electron chi connectivity index (χ1n) is 5.16. The van der Waals surface area contributed by atoms with Crippen LogP contribution in [0.15, 0.2) is 12.1 Å². The van der Waals surface area contributed by atoms with Crippen LogP contribution in [0.25, 0.3) is 0 Å². The number of halogens is 1. The number of carbonyl (C=O) groups is 1. The standard InChI is InChI=1S/C11H16ClN3O2/c1-7-5-10(17-2)9(12)6-8(7)3-4-14-11(16)15-13/h5-6H,3-4,13H2,1-2H3,(H2,14,15,16). The van der Waals surface area contributed by atoms with E-state index in [0.717, 1.165) is 11.1 Å². The molecular weight excluding hydrogens is 242 g/mol. The fourth-order valence-electron chi connectivity index (χ4n) is 1.48. The van der Waals surface area contributed by atoms with E-state index in [4.69, 9.17) is 22.2 Å². The first-order chi connectivity index (χ1) is 8.08. The van der Waals surface area contributed by atoms with Crippen LogP contribution in [-0.2, 0) is 6.42 Å². The van der Waals surface area contributed by atoms with Gasteiger partial charge in [0.2, 0.25) is 0 Å². The number of amides is 2. The Hall–Kier alpha value is -1.46. The van der Waals surface area contributed by atoms with E-state index >= 15 is 0 Å². The van der Waals surface area contributed by atoms with Crippen LogP contribution in [0.5, 0.6) is 5.75 Å². The molecule has 6 heteroatoms. The van der Waals surface area contributed by atoms with Gasteiger partial charge in [0.1, 0.15) is 5.75 Å². The molecule has 0 atom stereocenters. The Bertz CT molecular complexity index is 410. The fraction of sp³-hybridized carbons (Fsp3) is 0.364. The first kappa shape index (κ1) is 13.6.